The van der Waals surface area contributed by atoms with Crippen LogP contribution in [0.1, 0.15) is 25.0 Å². The average molecular weight is 384 g/mol. The summed E-state index contributed by atoms with van der Waals surface area (Å²) in [7, 11) is 0. The number of benzene rings is 2. The van der Waals surface area contributed by atoms with Crippen LogP contribution in [0.4, 0.5) is 11.4 Å². The highest BCUT2D eigenvalue weighted by Crippen LogP contribution is 2.48. The molecule has 2 N–H and O–H groups in total. The van der Waals surface area contributed by atoms with Gasteiger partial charge in [-0.2, -0.15) is 0 Å². The number of anilines is 2. The van der Waals surface area contributed by atoms with E-state index in [1.54, 1.807) is 12.1 Å². The molecule has 0 aliphatic heterocycles. The van der Waals surface area contributed by atoms with Gasteiger partial charge in [-0.05, 0) is 40.5 Å². The molecule has 2 amide bonds. The smallest absolute Gasteiger partial charge is 0.221 e. The Morgan fingerprint density at radius 3 is 2.17 bits per heavy atom. The van der Waals surface area contributed by atoms with Gasteiger partial charge < -0.3 is 10.6 Å². The van der Waals surface area contributed by atoms with Crippen LogP contribution in [-0.2, 0) is 16.0 Å². The topological polar surface area (TPSA) is 58.2 Å². The number of rotatable bonds is 2. The summed E-state index contributed by atoms with van der Waals surface area (Å²) in [6.45, 7) is 2.82. The molecule has 0 unspecified atom stereocenters. The van der Waals surface area contributed by atoms with Gasteiger partial charge in [0.1, 0.15) is 0 Å². The zero-order valence-electron chi connectivity index (χ0n) is 12.9. The van der Waals surface area contributed by atoms with Gasteiger partial charge >= 0.3 is 0 Å². The van der Waals surface area contributed by atoms with Gasteiger partial charge in [-0.25, -0.2) is 0 Å². The minimum Gasteiger partial charge on any atom is -0.325 e. The van der Waals surface area contributed by atoms with Crippen LogP contribution >= 0.6 is 34.8 Å². The highest BCUT2D eigenvalue weighted by Gasteiger charge is 2.26. The van der Waals surface area contributed by atoms with Gasteiger partial charge in [-0.1, -0.05) is 34.8 Å². The minimum absolute atomic E-state index is 0.193. The van der Waals surface area contributed by atoms with Gasteiger partial charge in [0.05, 0.1) is 26.4 Å². The van der Waals surface area contributed by atoms with Crippen molar-refractivity contribution in [3.05, 3.63) is 44.4 Å². The average Bonchev–Trinajstić information content (AvgIpc) is 2.81. The first-order chi connectivity index (χ1) is 11.3. The molecule has 3 rings (SSSR count). The number of nitrogens with one attached hydrogen (secondary N) is 2. The van der Waals surface area contributed by atoms with Crippen LogP contribution in [-0.4, -0.2) is 11.8 Å². The van der Waals surface area contributed by atoms with E-state index in [4.69, 9.17) is 34.8 Å². The monoisotopic (exact) mass is 382 g/mol. The third-order valence-electron chi connectivity index (χ3n) is 3.78. The van der Waals surface area contributed by atoms with Crippen molar-refractivity contribution in [1.82, 2.24) is 0 Å². The number of halogens is 3. The Kier molecular flexibility index (Phi) is 4.47. The van der Waals surface area contributed by atoms with E-state index in [1.807, 2.05) is 6.07 Å². The molecule has 4 nitrogen and oxygen atoms in total. The fraction of sp³-hybridized carbons (Fsp3) is 0.176. The standard InChI is InChI=1S/C17H13Cl3N2O2/c1-7(23)21-15-4-9-3-12-11(10(9)5-13(15)18)6-14(19)17(16(12)20)22-8(2)24/h4-6H,3H2,1-2H3,(H,21,23)(H,22,24). The van der Waals surface area contributed by atoms with Crippen molar-refractivity contribution in [3.63, 3.8) is 0 Å². The van der Waals surface area contributed by atoms with Crippen LogP contribution in [0.2, 0.25) is 15.1 Å². The second-order valence-electron chi connectivity index (χ2n) is 5.60. The molecule has 124 valence electrons. The first-order valence-corrected chi connectivity index (χ1v) is 8.30. The van der Waals surface area contributed by atoms with E-state index in [2.05, 4.69) is 10.6 Å². The van der Waals surface area contributed by atoms with Crippen LogP contribution in [0.5, 0.6) is 0 Å². The van der Waals surface area contributed by atoms with E-state index in [-0.39, 0.29) is 11.8 Å². The fourth-order valence-electron chi connectivity index (χ4n) is 2.85. The number of fused-ring (bicyclic) bond motifs is 3. The molecule has 1 aliphatic rings. The Hall–Kier alpha value is -1.75. The quantitative estimate of drug-likeness (QED) is 0.644. The van der Waals surface area contributed by atoms with E-state index in [0.29, 0.717) is 32.9 Å². The molecular weight excluding hydrogens is 371 g/mol. The summed E-state index contributed by atoms with van der Waals surface area (Å²) in [6.07, 6.45) is 0.566. The molecule has 0 fully saturated rings. The lowest BCUT2D eigenvalue weighted by Gasteiger charge is -2.12. The first kappa shape index (κ1) is 17.1. The Morgan fingerprint density at radius 1 is 0.917 bits per heavy atom. The van der Waals surface area contributed by atoms with Gasteiger partial charge in [0.15, 0.2) is 0 Å². The lowest BCUT2D eigenvalue weighted by Crippen LogP contribution is -2.07. The Morgan fingerprint density at radius 2 is 1.54 bits per heavy atom. The molecule has 1 aliphatic carbocycles. The summed E-state index contributed by atoms with van der Waals surface area (Å²) in [5.74, 6) is -0.438. The van der Waals surface area contributed by atoms with Crippen molar-refractivity contribution >= 4 is 58.0 Å². The third kappa shape index (κ3) is 2.97. The summed E-state index contributed by atoms with van der Waals surface area (Å²) >= 11 is 19.0. The molecule has 0 saturated carbocycles. The summed E-state index contributed by atoms with van der Waals surface area (Å²) in [5.41, 5.74) is 4.62. The fourth-order valence-corrected chi connectivity index (χ4v) is 3.68. The highest BCUT2D eigenvalue weighted by atomic mass is 35.5. The molecular formula is C17H13Cl3N2O2. The lowest BCUT2D eigenvalue weighted by molar-refractivity contribution is -0.115. The van der Waals surface area contributed by atoms with E-state index in [9.17, 15) is 9.59 Å². The van der Waals surface area contributed by atoms with Crippen molar-refractivity contribution in [2.75, 3.05) is 10.6 Å². The van der Waals surface area contributed by atoms with Gasteiger partial charge in [0, 0.05) is 20.3 Å². The van der Waals surface area contributed by atoms with Gasteiger partial charge in [-0.15, -0.1) is 0 Å². The molecule has 0 aromatic heterocycles. The molecule has 0 atom stereocenters. The molecule has 0 spiro atoms. The largest absolute Gasteiger partial charge is 0.325 e. The molecule has 0 saturated heterocycles. The van der Waals surface area contributed by atoms with E-state index < -0.39 is 0 Å². The highest BCUT2D eigenvalue weighted by molar-refractivity contribution is 6.41. The van der Waals surface area contributed by atoms with Crippen molar-refractivity contribution in [1.29, 1.82) is 0 Å². The Balaban J connectivity index is 2.12. The zero-order chi connectivity index (χ0) is 17.6. The van der Waals surface area contributed by atoms with Crippen molar-refractivity contribution in [2.45, 2.75) is 20.3 Å². The maximum atomic E-state index is 11.3. The summed E-state index contributed by atoms with van der Waals surface area (Å²) in [5, 5.41) is 6.59. The zero-order valence-corrected chi connectivity index (χ0v) is 15.2. The van der Waals surface area contributed by atoms with Gasteiger partial charge in [0.25, 0.3) is 0 Å². The van der Waals surface area contributed by atoms with Gasteiger partial charge in [-0.3, -0.25) is 9.59 Å². The maximum Gasteiger partial charge on any atom is 0.221 e. The normalized spacial score (nSPS) is 11.7. The SMILES string of the molecule is CC(=O)Nc1cc2c(cc1Cl)-c1cc(Cl)c(NC(C)=O)c(Cl)c1C2. The summed E-state index contributed by atoms with van der Waals surface area (Å²) < 4.78 is 0. The number of hydrogen-bond acceptors (Lipinski definition) is 2. The lowest BCUT2D eigenvalue weighted by atomic mass is 10.0. The Labute approximate surface area is 154 Å². The number of carbonyl (C=O) groups is 2. The molecule has 2 aromatic rings. The van der Waals surface area contributed by atoms with Gasteiger partial charge in [0.2, 0.25) is 11.8 Å². The second-order valence-corrected chi connectivity index (χ2v) is 6.79. The Bertz CT molecular complexity index is 894. The second kappa shape index (κ2) is 6.28. The van der Waals surface area contributed by atoms with Crippen molar-refractivity contribution in [2.24, 2.45) is 0 Å². The summed E-state index contributed by atoms with van der Waals surface area (Å²) in [6, 6.07) is 5.40. The van der Waals surface area contributed by atoms with Crippen LogP contribution in [0.3, 0.4) is 0 Å². The van der Waals surface area contributed by atoms with Crippen molar-refractivity contribution in [3.8, 4) is 11.1 Å². The van der Waals surface area contributed by atoms with E-state index in [0.717, 1.165) is 22.3 Å². The first-order valence-electron chi connectivity index (χ1n) is 7.16. The van der Waals surface area contributed by atoms with Crippen LogP contribution in [0.25, 0.3) is 11.1 Å². The minimum atomic E-state index is -0.245. The number of hydrogen-bond donors (Lipinski definition) is 2. The number of amides is 2. The molecule has 7 heteroatoms. The van der Waals surface area contributed by atoms with Crippen molar-refractivity contribution < 1.29 is 9.59 Å². The molecule has 0 bridgehead atoms. The molecule has 0 radical (unpaired) electrons. The predicted octanol–water partition coefficient (Wildman–Crippen LogP) is 5.13. The third-order valence-corrected chi connectivity index (χ3v) is 4.81. The van der Waals surface area contributed by atoms with E-state index in [1.165, 1.54) is 13.8 Å². The number of carbonyl (C=O) groups excluding carboxylic acids is 2. The molecule has 2 aromatic carbocycles. The van der Waals surface area contributed by atoms with Crippen LogP contribution in [0.15, 0.2) is 18.2 Å². The summed E-state index contributed by atoms with van der Waals surface area (Å²) in [4.78, 5) is 22.6. The van der Waals surface area contributed by atoms with Crippen LogP contribution in [0, 0.1) is 0 Å². The van der Waals surface area contributed by atoms with Crippen LogP contribution < -0.4 is 10.6 Å². The predicted molar refractivity (Wildman–Crippen MR) is 98.3 cm³/mol. The van der Waals surface area contributed by atoms with E-state index >= 15 is 0 Å². The molecule has 0 heterocycles. The molecule has 24 heavy (non-hydrogen) atoms. The maximum absolute atomic E-state index is 11.3.